The summed E-state index contributed by atoms with van der Waals surface area (Å²) in [6, 6.07) is -0.752. The van der Waals surface area contributed by atoms with Gasteiger partial charge in [-0.25, -0.2) is 0 Å². The summed E-state index contributed by atoms with van der Waals surface area (Å²) in [4.78, 5) is 0. The van der Waals surface area contributed by atoms with Crippen LogP contribution in [0.25, 0.3) is 0 Å². The van der Waals surface area contributed by atoms with Gasteiger partial charge in [-0.1, -0.05) is 13.8 Å². The second-order valence-corrected chi connectivity index (χ2v) is 3.52. The van der Waals surface area contributed by atoms with Crippen molar-refractivity contribution in [3.63, 3.8) is 0 Å². The standard InChI is InChI=1S/C8H19NO3/c1-5(2)3-6(11)8(9)7(12)4-10/h5-8,10-12H,3-4,9H2,1-2H3/t6-,7?,8?/m1/s1. The number of aliphatic hydroxyl groups excluding tert-OH is 3. The van der Waals surface area contributed by atoms with E-state index in [2.05, 4.69) is 0 Å². The fourth-order valence-corrected chi connectivity index (χ4v) is 1.02. The third-order valence-corrected chi connectivity index (χ3v) is 1.79. The van der Waals surface area contributed by atoms with Crippen molar-refractivity contribution in [1.29, 1.82) is 0 Å². The molecule has 12 heavy (non-hydrogen) atoms. The van der Waals surface area contributed by atoms with Crippen molar-refractivity contribution in [2.24, 2.45) is 11.7 Å². The Morgan fingerprint density at radius 1 is 1.17 bits per heavy atom. The molecule has 0 saturated carbocycles. The minimum atomic E-state index is -1.03. The highest BCUT2D eigenvalue weighted by atomic mass is 16.3. The summed E-state index contributed by atoms with van der Waals surface area (Å²) in [5.74, 6) is 0.331. The summed E-state index contributed by atoms with van der Waals surface area (Å²) in [5, 5.41) is 27.0. The molecule has 0 rings (SSSR count). The van der Waals surface area contributed by atoms with Crippen LogP contribution in [0.4, 0.5) is 0 Å². The van der Waals surface area contributed by atoms with Gasteiger partial charge in [-0.05, 0) is 12.3 Å². The Hall–Kier alpha value is -0.160. The molecule has 0 aromatic heterocycles. The van der Waals surface area contributed by atoms with Crippen LogP contribution >= 0.6 is 0 Å². The lowest BCUT2D eigenvalue weighted by Gasteiger charge is -2.23. The third kappa shape index (κ3) is 4.01. The lowest BCUT2D eigenvalue weighted by molar-refractivity contribution is 0.0142. The first-order chi connectivity index (χ1) is 5.49. The molecule has 0 amide bonds. The van der Waals surface area contributed by atoms with Crippen molar-refractivity contribution in [2.75, 3.05) is 6.61 Å². The first kappa shape index (κ1) is 11.8. The van der Waals surface area contributed by atoms with Gasteiger partial charge < -0.3 is 21.1 Å². The summed E-state index contributed by atoms with van der Waals surface area (Å²) in [6.07, 6.45) is -1.23. The monoisotopic (exact) mass is 177 g/mol. The van der Waals surface area contributed by atoms with Crippen LogP contribution in [0.3, 0.4) is 0 Å². The van der Waals surface area contributed by atoms with Crippen LogP contribution in [0.2, 0.25) is 0 Å². The van der Waals surface area contributed by atoms with Gasteiger partial charge in [-0.2, -0.15) is 0 Å². The number of nitrogens with two attached hydrogens (primary N) is 1. The quantitative estimate of drug-likeness (QED) is 0.437. The predicted molar refractivity (Wildman–Crippen MR) is 46.5 cm³/mol. The van der Waals surface area contributed by atoms with E-state index < -0.39 is 24.9 Å². The summed E-state index contributed by atoms with van der Waals surface area (Å²) < 4.78 is 0. The van der Waals surface area contributed by atoms with Crippen molar-refractivity contribution >= 4 is 0 Å². The molecule has 4 nitrogen and oxygen atoms in total. The second kappa shape index (κ2) is 5.48. The highest BCUT2D eigenvalue weighted by molar-refractivity contribution is 4.79. The number of aliphatic hydroxyl groups is 3. The Morgan fingerprint density at radius 3 is 2.00 bits per heavy atom. The molecule has 74 valence electrons. The van der Waals surface area contributed by atoms with E-state index in [1.54, 1.807) is 0 Å². The van der Waals surface area contributed by atoms with Crippen LogP contribution in [0.1, 0.15) is 20.3 Å². The van der Waals surface area contributed by atoms with Crippen LogP contribution in [-0.4, -0.2) is 40.2 Å². The van der Waals surface area contributed by atoms with E-state index in [0.717, 1.165) is 0 Å². The van der Waals surface area contributed by atoms with E-state index in [4.69, 9.17) is 15.9 Å². The van der Waals surface area contributed by atoms with Gasteiger partial charge in [0.15, 0.2) is 0 Å². The number of hydrogen-bond acceptors (Lipinski definition) is 4. The molecule has 0 aliphatic rings. The van der Waals surface area contributed by atoms with Crippen LogP contribution in [0, 0.1) is 5.92 Å². The Kier molecular flexibility index (Phi) is 5.41. The van der Waals surface area contributed by atoms with Crippen LogP contribution in [0.5, 0.6) is 0 Å². The maximum Gasteiger partial charge on any atom is 0.0946 e. The van der Waals surface area contributed by atoms with Gasteiger partial charge in [0.25, 0.3) is 0 Å². The van der Waals surface area contributed by atoms with Gasteiger partial charge in [-0.3, -0.25) is 0 Å². The number of hydrogen-bond donors (Lipinski definition) is 4. The van der Waals surface area contributed by atoms with E-state index in [1.165, 1.54) is 0 Å². The molecule has 0 radical (unpaired) electrons. The molecule has 0 bridgehead atoms. The van der Waals surface area contributed by atoms with Crippen molar-refractivity contribution in [3.05, 3.63) is 0 Å². The van der Waals surface area contributed by atoms with Crippen LogP contribution in [-0.2, 0) is 0 Å². The summed E-state index contributed by atoms with van der Waals surface area (Å²) in [7, 11) is 0. The Bertz CT molecular complexity index is 119. The molecule has 0 aromatic carbocycles. The lowest BCUT2D eigenvalue weighted by atomic mass is 9.97. The molecule has 0 fully saturated rings. The molecular weight excluding hydrogens is 158 g/mol. The first-order valence-corrected chi connectivity index (χ1v) is 4.21. The highest BCUT2D eigenvalue weighted by Crippen LogP contribution is 2.08. The van der Waals surface area contributed by atoms with E-state index in [9.17, 15) is 5.11 Å². The maximum atomic E-state index is 9.39. The average molecular weight is 177 g/mol. The Morgan fingerprint density at radius 2 is 1.67 bits per heavy atom. The highest BCUT2D eigenvalue weighted by Gasteiger charge is 2.22. The largest absolute Gasteiger partial charge is 0.394 e. The molecule has 0 heterocycles. The topological polar surface area (TPSA) is 86.7 Å². The van der Waals surface area contributed by atoms with Gasteiger partial charge >= 0.3 is 0 Å². The molecule has 0 spiro atoms. The van der Waals surface area contributed by atoms with E-state index in [-0.39, 0.29) is 0 Å². The van der Waals surface area contributed by atoms with Crippen molar-refractivity contribution in [1.82, 2.24) is 0 Å². The fourth-order valence-electron chi connectivity index (χ4n) is 1.02. The van der Waals surface area contributed by atoms with Gasteiger partial charge in [-0.15, -0.1) is 0 Å². The van der Waals surface area contributed by atoms with Crippen molar-refractivity contribution in [3.8, 4) is 0 Å². The molecule has 3 atom stereocenters. The minimum Gasteiger partial charge on any atom is -0.394 e. The van der Waals surface area contributed by atoms with Gasteiger partial charge in [0, 0.05) is 0 Å². The lowest BCUT2D eigenvalue weighted by Crippen LogP contribution is -2.46. The first-order valence-electron chi connectivity index (χ1n) is 4.21. The van der Waals surface area contributed by atoms with Crippen molar-refractivity contribution < 1.29 is 15.3 Å². The SMILES string of the molecule is CC(C)C[C@@H](O)C(N)C(O)CO. The average Bonchev–Trinajstić information content (AvgIpc) is 2.00. The van der Waals surface area contributed by atoms with Gasteiger partial charge in [0.1, 0.15) is 0 Å². The molecule has 0 saturated heterocycles. The zero-order valence-corrected chi connectivity index (χ0v) is 7.64. The normalized spacial score (nSPS) is 19.2. The predicted octanol–water partition coefficient (Wildman–Crippen LogP) is -0.926. The molecule has 0 aromatic rings. The fraction of sp³-hybridized carbons (Fsp3) is 1.00. The zero-order chi connectivity index (χ0) is 9.72. The molecule has 0 aliphatic heterocycles. The Labute approximate surface area is 73.0 Å². The molecule has 2 unspecified atom stereocenters. The van der Waals surface area contributed by atoms with E-state index in [0.29, 0.717) is 12.3 Å². The molecule has 4 heteroatoms. The van der Waals surface area contributed by atoms with E-state index >= 15 is 0 Å². The van der Waals surface area contributed by atoms with Gasteiger partial charge in [0.05, 0.1) is 24.9 Å². The Balaban J connectivity index is 3.83. The smallest absolute Gasteiger partial charge is 0.0946 e. The summed E-state index contributed by atoms with van der Waals surface area (Å²) in [6.45, 7) is 3.51. The second-order valence-electron chi connectivity index (χ2n) is 3.52. The van der Waals surface area contributed by atoms with Crippen molar-refractivity contribution in [2.45, 2.75) is 38.5 Å². The summed E-state index contributed by atoms with van der Waals surface area (Å²) in [5.41, 5.74) is 5.46. The maximum absolute atomic E-state index is 9.39. The van der Waals surface area contributed by atoms with Gasteiger partial charge in [0.2, 0.25) is 0 Å². The van der Waals surface area contributed by atoms with Crippen LogP contribution < -0.4 is 5.73 Å². The summed E-state index contributed by atoms with van der Waals surface area (Å²) >= 11 is 0. The zero-order valence-electron chi connectivity index (χ0n) is 7.64. The minimum absolute atomic E-state index is 0.331. The van der Waals surface area contributed by atoms with E-state index in [1.807, 2.05) is 13.8 Å². The van der Waals surface area contributed by atoms with Crippen LogP contribution in [0.15, 0.2) is 0 Å². The molecule has 0 aliphatic carbocycles. The molecular formula is C8H19NO3. The third-order valence-electron chi connectivity index (χ3n) is 1.79. The number of rotatable bonds is 5. The molecule has 5 N–H and O–H groups in total.